The number of phosphoric ester groups is 1. The molecule has 0 rings (SSSR count). The van der Waals surface area contributed by atoms with E-state index < -0.39 is 20.0 Å². The minimum Gasteiger partial charge on any atom is -0.387 e. The molecule has 0 aromatic rings. The van der Waals surface area contributed by atoms with E-state index in [4.69, 9.17) is 14.8 Å². The Balaban J connectivity index is 4.40. The largest absolute Gasteiger partial charge is 0.472 e. The highest BCUT2D eigenvalue weighted by Gasteiger charge is 2.26. The van der Waals surface area contributed by atoms with E-state index in [0.29, 0.717) is 6.42 Å². The molecule has 256 valence electrons. The first kappa shape index (κ1) is 42.5. The predicted molar refractivity (Wildman–Crippen MR) is 184 cm³/mol. The molecule has 9 heteroatoms. The molecule has 0 aliphatic heterocycles. The van der Waals surface area contributed by atoms with Gasteiger partial charge in [-0.15, -0.1) is 0 Å². The van der Waals surface area contributed by atoms with Crippen LogP contribution in [-0.4, -0.2) is 47.8 Å². The fourth-order valence-electron chi connectivity index (χ4n) is 4.55. The van der Waals surface area contributed by atoms with Gasteiger partial charge in [0.2, 0.25) is 5.91 Å². The van der Waals surface area contributed by atoms with Gasteiger partial charge in [-0.3, -0.25) is 13.8 Å². The fraction of sp³-hybridized carbons (Fsp3) is 0.743. The summed E-state index contributed by atoms with van der Waals surface area (Å²) in [6.07, 6.45) is 35.8. The second kappa shape index (κ2) is 31.4. The van der Waals surface area contributed by atoms with Crippen LogP contribution >= 0.6 is 7.82 Å². The molecular weight excluding hydrogens is 575 g/mol. The van der Waals surface area contributed by atoms with Crippen molar-refractivity contribution >= 4 is 13.7 Å². The number of phosphoric acid groups is 1. The van der Waals surface area contributed by atoms with Crippen LogP contribution in [0.1, 0.15) is 136 Å². The molecule has 0 aromatic carbocycles. The molecule has 1 amide bonds. The predicted octanol–water partition coefficient (Wildman–Crippen LogP) is 8.60. The van der Waals surface area contributed by atoms with Crippen LogP contribution in [0.25, 0.3) is 0 Å². The van der Waals surface area contributed by atoms with E-state index in [1.807, 2.05) is 6.08 Å². The van der Waals surface area contributed by atoms with Crippen molar-refractivity contribution in [1.82, 2.24) is 5.32 Å². The number of amides is 1. The topological polar surface area (TPSA) is 131 Å². The maximum Gasteiger partial charge on any atom is 0.472 e. The van der Waals surface area contributed by atoms with E-state index in [-0.39, 0.29) is 25.7 Å². The van der Waals surface area contributed by atoms with Gasteiger partial charge in [-0.25, -0.2) is 4.57 Å². The molecule has 0 aliphatic carbocycles. The molecule has 3 unspecified atom stereocenters. The zero-order chi connectivity index (χ0) is 32.6. The molecule has 0 spiro atoms. The van der Waals surface area contributed by atoms with Crippen LogP contribution in [0.3, 0.4) is 0 Å². The van der Waals surface area contributed by atoms with Gasteiger partial charge in [0.05, 0.1) is 25.4 Å². The molecule has 5 N–H and O–H groups in total. The van der Waals surface area contributed by atoms with Gasteiger partial charge in [-0.05, 0) is 51.4 Å². The van der Waals surface area contributed by atoms with Crippen LogP contribution in [0.4, 0.5) is 0 Å². The summed E-state index contributed by atoms with van der Waals surface area (Å²) in [6, 6.07) is -0.867. The SMILES string of the molecule is CC/C=C\C/C=C\C/C=C\CCCCCCCC(=O)NC(COP(=O)(O)OCCN)C(O)/C=C/CCCCCCCCCC. The smallest absolute Gasteiger partial charge is 0.387 e. The van der Waals surface area contributed by atoms with Crippen LogP contribution in [0.2, 0.25) is 0 Å². The van der Waals surface area contributed by atoms with Gasteiger partial charge in [0.25, 0.3) is 0 Å². The van der Waals surface area contributed by atoms with Crippen LogP contribution in [-0.2, 0) is 18.4 Å². The molecule has 0 bridgehead atoms. The maximum atomic E-state index is 12.6. The second-order valence-corrected chi connectivity index (χ2v) is 12.8. The summed E-state index contributed by atoms with van der Waals surface area (Å²) in [7, 11) is -4.33. The normalized spacial score (nSPS) is 15.1. The molecule has 0 saturated carbocycles. The Morgan fingerprint density at radius 2 is 1.32 bits per heavy atom. The summed E-state index contributed by atoms with van der Waals surface area (Å²) in [5.74, 6) is -0.217. The zero-order valence-electron chi connectivity index (χ0n) is 27.9. The number of carbonyl (C=O) groups is 1. The number of aliphatic hydroxyl groups excluding tert-OH is 1. The van der Waals surface area contributed by atoms with Gasteiger partial charge in [-0.2, -0.15) is 0 Å². The van der Waals surface area contributed by atoms with Crippen molar-refractivity contribution in [2.24, 2.45) is 5.73 Å². The Kier molecular flexibility index (Phi) is 30.3. The summed E-state index contributed by atoms with van der Waals surface area (Å²) in [5.41, 5.74) is 5.34. The Hall–Kier alpha value is -1.54. The number of unbranched alkanes of at least 4 members (excludes halogenated alkanes) is 13. The van der Waals surface area contributed by atoms with Gasteiger partial charge >= 0.3 is 7.82 Å². The number of hydrogen-bond acceptors (Lipinski definition) is 6. The van der Waals surface area contributed by atoms with E-state index in [1.54, 1.807) is 6.08 Å². The molecule has 0 aromatic heterocycles. The Morgan fingerprint density at radius 3 is 1.93 bits per heavy atom. The minimum atomic E-state index is -4.33. The third-order valence-electron chi connectivity index (χ3n) is 7.16. The zero-order valence-corrected chi connectivity index (χ0v) is 28.8. The number of carbonyl (C=O) groups excluding carboxylic acids is 1. The standard InChI is InChI=1S/C35H65N2O6P/c1-3-5-7-9-11-13-15-16-17-18-19-21-23-25-27-29-35(39)37-33(32-43-44(40,41)42-31-30-36)34(38)28-26-24-22-20-14-12-10-8-6-4-2/h5,7,11,13,16-17,26,28,33-34,38H,3-4,6,8-10,12,14-15,18-25,27,29-32,36H2,1-2H3,(H,37,39)(H,40,41)/b7-5-,13-11-,17-16-,28-26+. The van der Waals surface area contributed by atoms with Crippen molar-refractivity contribution in [3.8, 4) is 0 Å². The van der Waals surface area contributed by atoms with Crippen LogP contribution in [0.15, 0.2) is 48.6 Å². The van der Waals surface area contributed by atoms with Crippen LogP contribution in [0.5, 0.6) is 0 Å². The van der Waals surface area contributed by atoms with Crippen molar-refractivity contribution in [1.29, 1.82) is 0 Å². The molecule has 44 heavy (non-hydrogen) atoms. The summed E-state index contributed by atoms with van der Waals surface area (Å²) in [5, 5.41) is 13.5. The van der Waals surface area contributed by atoms with E-state index in [9.17, 15) is 19.4 Å². The van der Waals surface area contributed by atoms with E-state index >= 15 is 0 Å². The number of nitrogens with one attached hydrogen (secondary N) is 1. The van der Waals surface area contributed by atoms with Crippen molar-refractivity contribution in [2.75, 3.05) is 19.8 Å². The number of allylic oxidation sites excluding steroid dienone is 7. The third-order valence-corrected chi connectivity index (χ3v) is 8.14. The highest BCUT2D eigenvalue weighted by molar-refractivity contribution is 7.47. The number of hydrogen-bond donors (Lipinski definition) is 4. The van der Waals surface area contributed by atoms with Gasteiger partial charge in [0.15, 0.2) is 0 Å². The van der Waals surface area contributed by atoms with Crippen molar-refractivity contribution in [3.05, 3.63) is 48.6 Å². The van der Waals surface area contributed by atoms with Crippen molar-refractivity contribution in [2.45, 2.75) is 148 Å². The summed E-state index contributed by atoms with van der Waals surface area (Å²) in [4.78, 5) is 22.5. The lowest BCUT2D eigenvalue weighted by Gasteiger charge is -2.23. The first-order valence-electron chi connectivity index (χ1n) is 17.3. The fourth-order valence-corrected chi connectivity index (χ4v) is 5.31. The summed E-state index contributed by atoms with van der Waals surface area (Å²) in [6.45, 7) is 3.95. The maximum absolute atomic E-state index is 12.6. The van der Waals surface area contributed by atoms with Gasteiger partial charge < -0.3 is 21.1 Å². The second-order valence-electron chi connectivity index (χ2n) is 11.3. The average molecular weight is 641 g/mol. The van der Waals surface area contributed by atoms with E-state index in [0.717, 1.165) is 77.0 Å². The molecule has 0 aliphatic rings. The van der Waals surface area contributed by atoms with Crippen molar-refractivity contribution in [3.63, 3.8) is 0 Å². The molecule has 8 nitrogen and oxygen atoms in total. The van der Waals surface area contributed by atoms with Gasteiger partial charge in [0.1, 0.15) is 0 Å². The lowest BCUT2D eigenvalue weighted by atomic mass is 10.1. The summed E-state index contributed by atoms with van der Waals surface area (Å²) < 4.78 is 21.9. The molecule has 3 atom stereocenters. The summed E-state index contributed by atoms with van der Waals surface area (Å²) >= 11 is 0. The van der Waals surface area contributed by atoms with E-state index in [1.165, 1.54) is 38.5 Å². The average Bonchev–Trinajstić information content (AvgIpc) is 3.01. The van der Waals surface area contributed by atoms with Gasteiger partial charge in [0, 0.05) is 13.0 Å². The quantitative estimate of drug-likeness (QED) is 0.0339. The number of aliphatic hydroxyl groups is 1. The molecule has 0 fully saturated rings. The number of nitrogens with two attached hydrogens (primary N) is 1. The lowest BCUT2D eigenvalue weighted by Crippen LogP contribution is -2.45. The Bertz CT molecular complexity index is 830. The highest BCUT2D eigenvalue weighted by atomic mass is 31.2. The Labute approximate surface area is 269 Å². The monoisotopic (exact) mass is 640 g/mol. The molecule has 0 radical (unpaired) electrons. The minimum absolute atomic E-state index is 0.0733. The number of rotatable bonds is 31. The highest BCUT2D eigenvalue weighted by Crippen LogP contribution is 2.43. The molecule has 0 heterocycles. The lowest BCUT2D eigenvalue weighted by molar-refractivity contribution is -0.123. The third kappa shape index (κ3) is 29.2. The van der Waals surface area contributed by atoms with Gasteiger partial charge in [-0.1, -0.05) is 127 Å². The Morgan fingerprint density at radius 1 is 0.773 bits per heavy atom. The van der Waals surface area contributed by atoms with E-state index in [2.05, 4.69) is 55.6 Å². The van der Waals surface area contributed by atoms with Crippen molar-refractivity contribution < 1.29 is 28.4 Å². The van der Waals surface area contributed by atoms with Crippen LogP contribution < -0.4 is 11.1 Å². The first-order valence-corrected chi connectivity index (χ1v) is 18.8. The first-order chi connectivity index (χ1) is 21.4. The molecule has 0 saturated heterocycles. The van der Waals surface area contributed by atoms with Crippen LogP contribution in [0, 0.1) is 0 Å². The molecular formula is C35H65N2O6P.